The highest BCUT2D eigenvalue weighted by Gasteiger charge is 2.25. The van der Waals surface area contributed by atoms with Crippen molar-refractivity contribution in [2.75, 3.05) is 0 Å². The molecule has 2 heterocycles. The number of nitrogens with zero attached hydrogens (tertiary/aromatic N) is 2. The van der Waals surface area contributed by atoms with Crippen LogP contribution >= 0.6 is 0 Å². The zero-order chi connectivity index (χ0) is 12.7. The fourth-order valence-electron chi connectivity index (χ4n) is 2.73. The van der Waals surface area contributed by atoms with Gasteiger partial charge in [0.1, 0.15) is 11.6 Å². The molecule has 0 radical (unpaired) electrons. The molecule has 1 aliphatic rings. The Hall–Kier alpha value is -2.04. The van der Waals surface area contributed by atoms with Crippen LogP contribution in [0.1, 0.15) is 47.9 Å². The number of carboxylic acids is 1. The van der Waals surface area contributed by atoms with Gasteiger partial charge in [0.05, 0.1) is 5.52 Å². The lowest BCUT2D eigenvalue weighted by molar-refractivity contribution is 0.0693. The van der Waals surface area contributed by atoms with Crippen LogP contribution in [0.3, 0.4) is 0 Å². The molecule has 2 aromatic rings. The minimum Gasteiger partial charge on any atom is -0.508 e. The van der Waals surface area contributed by atoms with Gasteiger partial charge in [0, 0.05) is 18.2 Å². The number of carboxylic acid groups (broad SMARTS) is 1. The number of hydrogen-bond acceptors (Lipinski definition) is 3. The van der Waals surface area contributed by atoms with Gasteiger partial charge >= 0.3 is 5.97 Å². The number of fused-ring (bicyclic) bond motifs is 1. The number of carbonyl (C=O) groups is 1. The molecule has 3 rings (SSSR count). The molecule has 0 amide bonds. The van der Waals surface area contributed by atoms with Crippen molar-refractivity contribution in [1.82, 2.24) is 9.38 Å². The summed E-state index contributed by atoms with van der Waals surface area (Å²) in [4.78, 5) is 15.5. The number of imidazole rings is 1. The largest absolute Gasteiger partial charge is 0.508 e. The highest BCUT2D eigenvalue weighted by molar-refractivity contribution is 5.94. The van der Waals surface area contributed by atoms with Gasteiger partial charge in [-0.15, -0.1) is 0 Å². The molecule has 0 unspecified atom stereocenters. The third-order valence-corrected chi connectivity index (χ3v) is 3.58. The molecule has 0 aliphatic heterocycles. The summed E-state index contributed by atoms with van der Waals surface area (Å²) in [6.07, 6.45) is 6.13. The quantitative estimate of drug-likeness (QED) is 0.853. The molecule has 18 heavy (non-hydrogen) atoms. The standard InChI is InChI=1S/C13H14N2O3/c16-9-5-6-15-10(7-9)11(13(17)18)14-12(15)8-3-1-2-4-8/h5-8,16H,1-4H2,(H,17,18). The minimum atomic E-state index is -1.05. The van der Waals surface area contributed by atoms with Crippen LogP contribution in [-0.4, -0.2) is 25.6 Å². The minimum absolute atomic E-state index is 0.0211. The summed E-state index contributed by atoms with van der Waals surface area (Å²) in [6, 6.07) is 3.01. The normalized spacial score (nSPS) is 16.4. The van der Waals surface area contributed by atoms with Gasteiger partial charge in [-0.05, 0) is 18.9 Å². The highest BCUT2D eigenvalue weighted by Crippen LogP contribution is 2.34. The third kappa shape index (κ3) is 1.63. The summed E-state index contributed by atoms with van der Waals surface area (Å²) in [5, 5.41) is 18.6. The molecule has 0 atom stereocenters. The van der Waals surface area contributed by atoms with Crippen molar-refractivity contribution in [2.24, 2.45) is 0 Å². The maximum absolute atomic E-state index is 11.2. The Labute approximate surface area is 104 Å². The molecule has 5 nitrogen and oxygen atoms in total. The van der Waals surface area contributed by atoms with E-state index in [4.69, 9.17) is 0 Å². The van der Waals surface area contributed by atoms with Gasteiger partial charge in [0.2, 0.25) is 0 Å². The molecule has 5 heteroatoms. The number of hydrogen-bond donors (Lipinski definition) is 2. The highest BCUT2D eigenvalue weighted by atomic mass is 16.4. The first-order valence-corrected chi connectivity index (χ1v) is 6.11. The van der Waals surface area contributed by atoms with Crippen LogP contribution in [0.4, 0.5) is 0 Å². The van der Waals surface area contributed by atoms with E-state index in [9.17, 15) is 15.0 Å². The van der Waals surface area contributed by atoms with E-state index in [0.717, 1.165) is 18.7 Å². The van der Waals surface area contributed by atoms with Crippen molar-refractivity contribution in [2.45, 2.75) is 31.6 Å². The van der Waals surface area contributed by atoms with Crippen LogP contribution in [0, 0.1) is 0 Å². The van der Waals surface area contributed by atoms with E-state index in [1.807, 2.05) is 0 Å². The molecule has 0 bridgehead atoms. The predicted molar refractivity (Wildman–Crippen MR) is 65.0 cm³/mol. The molecule has 0 spiro atoms. The first kappa shape index (κ1) is 11.1. The molecule has 0 aromatic carbocycles. The number of aromatic nitrogens is 2. The van der Waals surface area contributed by atoms with Crippen LogP contribution < -0.4 is 0 Å². The lowest BCUT2D eigenvalue weighted by Gasteiger charge is -2.07. The Balaban J connectivity index is 2.22. The van der Waals surface area contributed by atoms with Gasteiger partial charge in [-0.25, -0.2) is 9.78 Å². The van der Waals surface area contributed by atoms with Crippen LogP contribution in [-0.2, 0) is 0 Å². The third-order valence-electron chi connectivity index (χ3n) is 3.58. The van der Waals surface area contributed by atoms with Gasteiger partial charge < -0.3 is 14.6 Å². The number of pyridine rings is 1. The number of rotatable bonds is 2. The number of aromatic hydroxyl groups is 1. The van der Waals surface area contributed by atoms with Gasteiger partial charge in [-0.2, -0.15) is 0 Å². The zero-order valence-electron chi connectivity index (χ0n) is 9.83. The van der Waals surface area contributed by atoms with E-state index in [-0.39, 0.29) is 11.4 Å². The van der Waals surface area contributed by atoms with Crippen LogP contribution in [0.25, 0.3) is 5.52 Å². The molecule has 1 aliphatic carbocycles. The summed E-state index contributed by atoms with van der Waals surface area (Å²) >= 11 is 0. The van der Waals surface area contributed by atoms with Crippen molar-refractivity contribution >= 4 is 11.5 Å². The smallest absolute Gasteiger partial charge is 0.356 e. The molecular formula is C13H14N2O3. The average molecular weight is 246 g/mol. The van der Waals surface area contributed by atoms with Gasteiger partial charge in [0.15, 0.2) is 5.69 Å². The second kappa shape index (κ2) is 4.01. The molecule has 2 N–H and O–H groups in total. The first-order valence-electron chi connectivity index (χ1n) is 6.11. The van der Waals surface area contributed by atoms with Crippen molar-refractivity contribution in [3.8, 4) is 5.75 Å². The maximum atomic E-state index is 11.2. The summed E-state index contributed by atoms with van der Waals surface area (Å²) < 4.78 is 1.79. The molecule has 94 valence electrons. The summed E-state index contributed by atoms with van der Waals surface area (Å²) in [6.45, 7) is 0. The first-order chi connectivity index (χ1) is 8.66. The van der Waals surface area contributed by atoms with Crippen molar-refractivity contribution in [1.29, 1.82) is 0 Å². The number of aromatic carboxylic acids is 1. The molecule has 1 fully saturated rings. The fraction of sp³-hybridized carbons (Fsp3) is 0.385. The van der Waals surface area contributed by atoms with E-state index >= 15 is 0 Å². The van der Waals surface area contributed by atoms with Crippen LogP contribution in [0.5, 0.6) is 5.75 Å². The zero-order valence-corrected chi connectivity index (χ0v) is 9.83. The van der Waals surface area contributed by atoms with E-state index < -0.39 is 5.97 Å². The monoisotopic (exact) mass is 246 g/mol. The van der Waals surface area contributed by atoms with Gasteiger partial charge in [0.25, 0.3) is 0 Å². The second-order valence-electron chi connectivity index (χ2n) is 4.75. The van der Waals surface area contributed by atoms with Gasteiger partial charge in [-0.1, -0.05) is 12.8 Å². The molecule has 0 saturated heterocycles. The van der Waals surface area contributed by atoms with Crippen molar-refractivity contribution < 1.29 is 15.0 Å². The Morgan fingerprint density at radius 1 is 1.39 bits per heavy atom. The lowest BCUT2D eigenvalue weighted by atomic mass is 10.1. The summed E-state index contributed by atoms with van der Waals surface area (Å²) in [5.74, 6) is 0.139. The Morgan fingerprint density at radius 2 is 2.11 bits per heavy atom. The van der Waals surface area contributed by atoms with E-state index in [2.05, 4.69) is 4.98 Å². The Bertz CT molecular complexity index is 612. The Morgan fingerprint density at radius 3 is 2.78 bits per heavy atom. The average Bonchev–Trinajstić information content (AvgIpc) is 2.93. The molecule has 2 aromatic heterocycles. The fourth-order valence-corrected chi connectivity index (χ4v) is 2.73. The van der Waals surface area contributed by atoms with Crippen LogP contribution in [0.2, 0.25) is 0 Å². The summed E-state index contributed by atoms with van der Waals surface area (Å²) in [5.41, 5.74) is 0.484. The van der Waals surface area contributed by atoms with E-state index in [1.54, 1.807) is 16.7 Å². The Kier molecular flexibility index (Phi) is 2.47. The SMILES string of the molecule is O=C(O)c1nc(C2CCCC2)n2ccc(O)cc12. The maximum Gasteiger partial charge on any atom is 0.356 e. The van der Waals surface area contributed by atoms with Crippen LogP contribution in [0.15, 0.2) is 18.3 Å². The lowest BCUT2D eigenvalue weighted by Crippen LogP contribution is -2.00. The van der Waals surface area contributed by atoms with Crippen molar-refractivity contribution in [3.05, 3.63) is 29.8 Å². The second-order valence-corrected chi connectivity index (χ2v) is 4.75. The predicted octanol–water partition coefficient (Wildman–Crippen LogP) is 2.40. The van der Waals surface area contributed by atoms with Crippen molar-refractivity contribution in [3.63, 3.8) is 0 Å². The molecule has 1 saturated carbocycles. The molecular weight excluding hydrogens is 232 g/mol. The van der Waals surface area contributed by atoms with E-state index in [1.165, 1.54) is 18.9 Å². The topological polar surface area (TPSA) is 74.8 Å². The summed E-state index contributed by atoms with van der Waals surface area (Å²) in [7, 11) is 0. The van der Waals surface area contributed by atoms with E-state index in [0.29, 0.717) is 11.4 Å². The van der Waals surface area contributed by atoms with Gasteiger partial charge in [-0.3, -0.25) is 0 Å².